The molecule has 0 aliphatic heterocycles. The summed E-state index contributed by atoms with van der Waals surface area (Å²) in [5, 5.41) is 14.2. The standard InChI is InChI=1S/C17H14N4O4/c1-11-6-7-12(8-15(11)21(23)24)20-16(22)9-25-17-13-4-2-3-5-14(13)18-10-19-17/h2-8,10H,9H2,1H3,(H,20,22). The van der Waals surface area contributed by atoms with Gasteiger partial charge < -0.3 is 10.1 Å². The summed E-state index contributed by atoms with van der Waals surface area (Å²) in [5.41, 5.74) is 1.51. The van der Waals surface area contributed by atoms with Gasteiger partial charge >= 0.3 is 0 Å². The molecule has 8 heteroatoms. The summed E-state index contributed by atoms with van der Waals surface area (Å²) < 4.78 is 5.46. The van der Waals surface area contributed by atoms with Crippen molar-refractivity contribution in [3.8, 4) is 5.88 Å². The number of ether oxygens (including phenoxy) is 1. The van der Waals surface area contributed by atoms with Gasteiger partial charge in [0, 0.05) is 17.3 Å². The minimum Gasteiger partial charge on any atom is -0.467 e. The number of anilines is 1. The van der Waals surface area contributed by atoms with E-state index in [1.165, 1.54) is 12.4 Å². The predicted molar refractivity (Wildman–Crippen MR) is 91.5 cm³/mol. The van der Waals surface area contributed by atoms with Gasteiger partial charge in [-0.2, -0.15) is 0 Å². The topological polar surface area (TPSA) is 107 Å². The number of rotatable bonds is 5. The molecule has 3 rings (SSSR count). The van der Waals surface area contributed by atoms with Crippen molar-refractivity contribution in [3.05, 3.63) is 64.5 Å². The maximum Gasteiger partial charge on any atom is 0.274 e. The Kier molecular flexibility index (Phi) is 4.51. The molecule has 0 aliphatic carbocycles. The molecular weight excluding hydrogens is 324 g/mol. The Balaban J connectivity index is 1.69. The highest BCUT2D eigenvalue weighted by atomic mass is 16.6. The van der Waals surface area contributed by atoms with E-state index in [-0.39, 0.29) is 12.3 Å². The second kappa shape index (κ2) is 6.91. The highest BCUT2D eigenvalue weighted by molar-refractivity contribution is 5.92. The van der Waals surface area contributed by atoms with Gasteiger partial charge in [0.2, 0.25) is 5.88 Å². The molecule has 126 valence electrons. The molecule has 0 bridgehead atoms. The number of fused-ring (bicyclic) bond motifs is 1. The van der Waals surface area contributed by atoms with Crippen molar-refractivity contribution in [2.24, 2.45) is 0 Å². The number of nitrogens with one attached hydrogen (secondary N) is 1. The number of nitrogens with zero attached hydrogens (tertiary/aromatic N) is 3. The van der Waals surface area contributed by atoms with Crippen molar-refractivity contribution in [1.29, 1.82) is 0 Å². The van der Waals surface area contributed by atoms with Crippen LogP contribution >= 0.6 is 0 Å². The molecule has 25 heavy (non-hydrogen) atoms. The number of aromatic nitrogens is 2. The van der Waals surface area contributed by atoms with Crippen molar-refractivity contribution in [2.75, 3.05) is 11.9 Å². The van der Waals surface area contributed by atoms with Crippen LogP contribution in [0.2, 0.25) is 0 Å². The van der Waals surface area contributed by atoms with Crippen molar-refractivity contribution in [1.82, 2.24) is 9.97 Å². The minimum absolute atomic E-state index is 0.0551. The Bertz CT molecular complexity index is 953. The average molecular weight is 338 g/mol. The molecule has 0 radical (unpaired) electrons. The average Bonchev–Trinajstić information content (AvgIpc) is 2.61. The summed E-state index contributed by atoms with van der Waals surface area (Å²) in [7, 11) is 0. The van der Waals surface area contributed by atoms with Gasteiger partial charge in [0.1, 0.15) is 6.33 Å². The van der Waals surface area contributed by atoms with E-state index in [1.54, 1.807) is 25.1 Å². The molecule has 8 nitrogen and oxygen atoms in total. The van der Waals surface area contributed by atoms with Gasteiger partial charge in [0.15, 0.2) is 6.61 Å². The second-order valence-corrected chi connectivity index (χ2v) is 5.29. The number of hydrogen-bond acceptors (Lipinski definition) is 6. The zero-order chi connectivity index (χ0) is 17.8. The monoisotopic (exact) mass is 338 g/mol. The summed E-state index contributed by atoms with van der Waals surface area (Å²) >= 11 is 0. The SMILES string of the molecule is Cc1ccc(NC(=O)COc2ncnc3ccccc23)cc1[N+](=O)[O-]. The lowest BCUT2D eigenvalue weighted by Gasteiger charge is -2.09. The number of nitro benzene ring substituents is 1. The number of nitro groups is 1. The first-order chi connectivity index (χ1) is 12.0. The smallest absolute Gasteiger partial charge is 0.274 e. The Morgan fingerprint density at radius 2 is 2.04 bits per heavy atom. The van der Waals surface area contributed by atoms with Crippen molar-refractivity contribution < 1.29 is 14.5 Å². The highest BCUT2D eigenvalue weighted by Gasteiger charge is 2.13. The highest BCUT2D eigenvalue weighted by Crippen LogP contribution is 2.23. The molecule has 0 spiro atoms. The van der Waals surface area contributed by atoms with Crippen LogP contribution in [0.25, 0.3) is 10.9 Å². The zero-order valence-electron chi connectivity index (χ0n) is 13.3. The van der Waals surface area contributed by atoms with E-state index in [4.69, 9.17) is 4.74 Å². The first kappa shape index (κ1) is 16.3. The molecule has 0 saturated carbocycles. The van der Waals surface area contributed by atoms with E-state index >= 15 is 0 Å². The van der Waals surface area contributed by atoms with Gasteiger partial charge in [-0.3, -0.25) is 14.9 Å². The maximum atomic E-state index is 12.0. The van der Waals surface area contributed by atoms with Crippen LogP contribution in [0, 0.1) is 17.0 Å². The summed E-state index contributed by atoms with van der Waals surface area (Å²) in [4.78, 5) is 30.6. The fraction of sp³-hybridized carbons (Fsp3) is 0.118. The van der Waals surface area contributed by atoms with Gasteiger partial charge in [-0.05, 0) is 25.1 Å². The largest absolute Gasteiger partial charge is 0.467 e. The first-order valence-corrected chi connectivity index (χ1v) is 7.42. The molecule has 1 N–H and O–H groups in total. The van der Waals surface area contributed by atoms with E-state index in [1.807, 2.05) is 18.2 Å². The van der Waals surface area contributed by atoms with E-state index in [9.17, 15) is 14.9 Å². The van der Waals surface area contributed by atoms with E-state index in [2.05, 4.69) is 15.3 Å². The molecule has 0 atom stereocenters. The molecular formula is C17H14N4O4. The fourth-order valence-corrected chi connectivity index (χ4v) is 2.31. The Morgan fingerprint density at radius 1 is 1.24 bits per heavy atom. The molecule has 0 saturated heterocycles. The lowest BCUT2D eigenvalue weighted by molar-refractivity contribution is -0.385. The Hall–Kier alpha value is -3.55. The Labute approximate surface area is 142 Å². The molecule has 1 heterocycles. The van der Waals surface area contributed by atoms with Crippen LogP contribution in [0.5, 0.6) is 5.88 Å². The van der Waals surface area contributed by atoms with E-state index in [0.29, 0.717) is 28.0 Å². The van der Waals surface area contributed by atoms with Crippen LogP contribution in [-0.2, 0) is 4.79 Å². The predicted octanol–water partition coefficient (Wildman–Crippen LogP) is 2.86. The third-order valence-electron chi connectivity index (χ3n) is 3.54. The maximum absolute atomic E-state index is 12.0. The van der Waals surface area contributed by atoms with E-state index < -0.39 is 10.8 Å². The number of aryl methyl sites for hydroxylation is 1. The summed E-state index contributed by atoms with van der Waals surface area (Å²) in [6.07, 6.45) is 1.36. The zero-order valence-corrected chi connectivity index (χ0v) is 13.3. The number of benzene rings is 2. The molecule has 2 aromatic carbocycles. The van der Waals surface area contributed by atoms with Crippen LogP contribution < -0.4 is 10.1 Å². The minimum atomic E-state index is -0.492. The molecule has 0 unspecified atom stereocenters. The van der Waals surface area contributed by atoms with E-state index in [0.717, 1.165) is 0 Å². The van der Waals surface area contributed by atoms with Crippen LogP contribution in [-0.4, -0.2) is 27.4 Å². The normalized spacial score (nSPS) is 10.4. The first-order valence-electron chi connectivity index (χ1n) is 7.42. The van der Waals surface area contributed by atoms with Gasteiger partial charge in [-0.1, -0.05) is 18.2 Å². The molecule has 0 aliphatic rings. The lowest BCUT2D eigenvalue weighted by Crippen LogP contribution is -2.20. The second-order valence-electron chi connectivity index (χ2n) is 5.29. The molecule has 0 fully saturated rings. The third kappa shape index (κ3) is 3.69. The van der Waals surface area contributed by atoms with Crippen molar-refractivity contribution in [2.45, 2.75) is 6.92 Å². The quantitative estimate of drug-likeness (QED) is 0.566. The summed E-state index contributed by atoms with van der Waals surface area (Å²) in [6, 6.07) is 11.8. The van der Waals surface area contributed by atoms with Gasteiger partial charge in [0.05, 0.1) is 15.8 Å². The number of carbonyl (C=O) groups is 1. The van der Waals surface area contributed by atoms with Gasteiger partial charge in [-0.25, -0.2) is 9.97 Å². The summed E-state index contributed by atoms with van der Waals surface area (Å²) in [5.74, 6) is -0.142. The van der Waals surface area contributed by atoms with Crippen LogP contribution in [0.3, 0.4) is 0 Å². The van der Waals surface area contributed by atoms with Crippen molar-refractivity contribution in [3.63, 3.8) is 0 Å². The lowest BCUT2D eigenvalue weighted by atomic mass is 10.2. The summed E-state index contributed by atoms with van der Waals surface area (Å²) in [6.45, 7) is 1.36. The number of para-hydroxylation sites is 1. The van der Waals surface area contributed by atoms with Crippen LogP contribution in [0.1, 0.15) is 5.56 Å². The van der Waals surface area contributed by atoms with Crippen molar-refractivity contribution >= 4 is 28.2 Å². The third-order valence-corrected chi connectivity index (χ3v) is 3.54. The number of carbonyl (C=O) groups excluding carboxylic acids is 1. The van der Waals surface area contributed by atoms with Gasteiger partial charge in [0.25, 0.3) is 11.6 Å². The Morgan fingerprint density at radius 3 is 2.84 bits per heavy atom. The number of amides is 1. The molecule has 1 aromatic heterocycles. The van der Waals surface area contributed by atoms with Crippen LogP contribution in [0.15, 0.2) is 48.8 Å². The van der Waals surface area contributed by atoms with Gasteiger partial charge in [-0.15, -0.1) is 0 Å². The molecule has 1 amide bonds. The number of hydrogen-bond donors (Lipinski definition) is 1. The molecule has 3 aromatic rings. The van der Waals surface area contributed by atoms with Crippen LogP contribution in [0.4, 0.5) is 11.4 Å². The fourth-order valence-electron chi connectivity index (χ4n) is 2.31.